The lowest BCUT2D eigenvalue weighted by atomic mass is 10.1. The molecule has 0 aliphatic rings. The van der Waals surface area contributed by atoms with Crippen molar-refractivity contribution in [1.29, 1.82) is 0 Å². The summed E-state index contributed by atoms with van der Waals surface area (Å²) in [5.41, 5.74) is 8.31. The fourth-order valence-corrected chi connectivity index (χ4v) is 3.84. The second-order valence-electron chi connectivity index (χ2n) is 5.93. The first-order chi connectivity index (χ1) is 12.6. The van der Waals surface area contributed by atoms with E-state index >= 15 is 0 Å². The van der Waals surface area contributed by atoms with E-state index in [1.165, 1.54) is 11.3 Å². The summed E-state index contributed by atoms with van der Waals surface area (Å²) in [6.07, 6.45) is 1.56. The summed E-state index contributed by atoms with van der Waals surface area (Å²) < 4.78 is 2.22. The summed E-state index contributed by atoms with van der Waals surface area (Å²) in [7, 11) is 0. The largest absolute Gasteiger partial charge is 0.366 e. The number of hydrogen-bond acceptors (Lipinski definition) is 4. The first-order valence-electron chi connectivity index (χ1n) is 8.05. The molecule has 0 spiro atoms. The maximum atomic E-state index is 12.8. The van der Waals surface area contributed by atoms with Crippen LogP contribution in [-0.4, -0.2) is 15.5 Å². The van der Waals surface area contributed by atoms with Crippen molar-refractivity contribution >= 4 is 27.5 Å². The van der Waals surface area contributed by atoms with Gasteiger partial charge < -0.3 is 5.73 Å². The standard InChI is InChI=1S/C20H15N3O2S/c21-19(24)15-8-6-13(7-9-15)11-23-12-22-16-10-17(26-18(16)20(23)25)14-4-2-1-3-5-14/h1-10,12H,11H2,(H2,21,24). The van der Waals surface area contributed by atoms with Crippen LogP contribution in [0.4, 0.5) is 0 Å². The highest BCUT2D eigenvalue weighted by Gasteiger charge is 2.11. The normalized spacial score (nSPS) is 10.9. The van der Waals surface area contributed by atoms with Crippen LogP contribution in [0, 0.1) is 0 Å². The lowest BCUT2D eigenvalue weighted by Gasteiger charge is -2.05. The van der Waals surface area contributed by atoms with E-state index in [0.717, 1.165) is 16.0 Å². The summed E-state index contributed by atoms with van der Waals surface area (Å²) in [6.45, 7) is 0.388. The van der Waals surface area contributed by atoms with Gasteiger partial charge in [0, 0.05) is 10.4 Å². The Morgan fingerprint density at radius 1 is 1.08 bits per heavy atom. The minimum absolute atomic E-state index is 0.0684. The Kier molecular flexibility index (Phi) is 4.10. The molecule has 0 unspecified atom stereocenters. The molecule has 1 amide bonds. The summed E-state index contributed by atoms with van der Waals surface area (Å²) in [4.78, 5) is 29.4. The Hall–Kier alpha value is -3.25. The average molecular weight is 361 g/mol. The van der Waals surface area contributed by atoms with Crippen molar-refractivity contribution in [2.24, 2.45) is 5.73 Å². The van der Waals surface area contributed by atoms with Crippen LogP contribution in [0.15, 0.2) is 71.8 Å². The zero-order valence-electron chi connectivity index (χ0n) is 13.8. The third kappa shape index (κ3) is 3.02. The van der Waals surface area contributed by atoms with Gasteiger partial charge in [-0.2, -0.15) is 0 Å². The lowest BCUT2D eigenvalue weighted by molar-refractivity contribution is 0.100. The van der Waals surface area contributed by atoms with E-state index < -0.39 is 5.91 Å². The van der Waals surface area contributed by atoms with Gasteiger partial charge in [0.2, 0.25) is 5.91 Å². The number of rotatable bonds is 4. The number of amides is 1. The van der Waals surface area contributed by atoms with Crippen LogP contribution >= 0.6 is 11.3 Å². The second-order valence-corrected chi connectivity index (χ2v) is 6.98. The van der Waals surface area contributed by atoms with E-state index in [4.69, 9.17) is 5.73 Å². The topological polar surface area (TPSA) is 78.0 Å². The molecule has 2 heterocycles. The molecular formula is C20H15N3O2S. The van der Waals surface area contributed by atoms with Crippen LogP contribution in [0.2, 0.25) is 0 Å². The van der Waals surface area contributed by atoms with Gasteiger partial charge in [0.15, 0.2) is 0 Å². The number of nitrogens with two attached hydrogens (primary N) is 1. The average Bonchev–Trinajstić information content (AvgIpc) is 3.10. The molecule has 128 valence electrons. The molecule has 0 bridgehead atoms. The summed E-state index contributed by atoms with van der Waals surface area (Å²) in [5, 5.41) is 0. The van der Waals surface area contributed by atoms with Gasteiger partial charge in [0.1, 0.15) is 4.70 Å². The van der Waals surface area contributed by atoms with Crippen LogP contribution < -0.4 is 11.3 Å². The van der Waals surface area contributed by atoms with E-state index in [0.29, 0.717) is 22.3 Å². The summed E-state index contributed by atoms with van der Waals surface area (Å²) >= 11 is 1.45. The van der Waals surface area contributed by atoms with Gasteiger partial charge in [0.05, 0.1) is 18.4 Å². The first-order valence-corrected chi connectivity index (χ1v) is 8.86. The Morgan fingerprint density at radius 2 is 1.81 bits per heavy atom. The molecule has 0 saturated carbocycles. The van der Waals surface area contributed by atoms with Crippen molar-refractivity contribution in [2.45, 2.75) is 6.54 Å². The van der Waals surface area contributed by atoms with E-state index in [1.807, 2.05) is 36.4 Å². The smallest absolute Gasteiger partial charge is 0.271 e. The predicted molar refractivity (Wildman–Crippen MR) is 103 cm³/mol. The number of carbonyl (C=O) groups is 1. The van der Waals surface area contributed by atoms with Gasteiger partial charge in [-0.05, 0) is 29.3 Å². The summed E-state index contributed by atoms with van der Waals surface area (Å²) in [5.74, 6) is -0.469. The van der Waals surface area contributed by atoms with Crippen molar-refractivity contribution in [3.63, 3.8) is 0 Å². The van der Waals surface area contributed by atoms with Crippen LogP contribution in [0.3, 0.4) is 0 Å². The highest BCUT2D eigenvalue weighted by molar-refractivity contribution is 7.22. The molecule has 2 aromatic carbocycles. The Balaban J connectivity index is 1.69. The monoisotopic (exact) mass is 361 g/mol. The quantitative estimate of drug-likeness (QED) is 0.606. The van der Waals surface area contributed by atoms with Crippen molar-refractivity contribution in [3.05, 3.63) is 88.5 Å². The van der Waals surface area contributed by atoms with Gasteiger partial charge in [-0.1, -0.05) is 42.5 Å². The SMILES string of the molecule is NC(=O)c1ccc(Cn2cnc3cc(-c4ccccc4)sc3c2=O)cc1. The zero-order chi connectivity index (χ0) is 18.1. The van der Waals surface area contributed by atoms with Crippen LogP contribution in [0.1, 0.15) is 15.9 Å². The van der Waals surface area contributed by atoms with Crippen LogP contribution in [0.5, 0.6) is 0 Å². The van der Waals surface area contributed by atoms with Crippen molar-refractivity contribution in [3.8, 4) is 10.4 Å². The van der Waals surface area contributed by atoms with Crippen molar-refractivity contribution < 1.29 is 4.79 Å². The van der Waals surface area contributed by atoms with Crippen LogP contribution in [0.25, 0.3) is 20.7 Å². The van der Waals surface area contributed by atoms with Crippen molar-refractivity contribution in [1.82, 2.24) is 9.55 Å². The fraction of sp³-hybridized carbons (Fsp3) is 0.0500. The molecule has 0 aliphatic heterocycles. The Bertz CT molecular complexity index is 1150. The van der Waals surface area contributed by atoms with Gasteiger partial charge in [0.25, 0.3) is 5.56 Å². The second kappa shape index (κ2) is 6.57. The molecule has 6 heteroatoms. The number of fused-ring (bicyclic) bond motifs is 1. The third-order valence-electron chi connectivity index (χ3n) is 4.15. The van der Waals surface area contributed by atoms with Crippen LogP contribution in [-0.2, 0) is 6.54 Å². The highest BCUT2D eigenvalue weighted by Crippen LogP contribution is 2.30. The summed E-state index contributed by atoms with van der Waals surface area (Å²) in [6, 6.07) is 18.8. The molecule has 2 N–H and O–H groups in total. The Labute approximate surface area is 153 Å². The molecular weight excluding hydrogens is 346 g/mol. The zero-order valence-corrected chi connectivity index (χ0v) is 14.6. The molecule has 4 aromatic rings. The molecule has 0 radical (unpaired) electrons. The molecule has 26 heavy (non-hydrogen) atoms. The predicted octanol–water partition coefficient (Wildman–Crippen LogP) is 3.27. The minimum atomic E-state index is -0.469. The molecule has 4 rings (SSSR count). The van der Waals surface area contributed by atoms with Gasteiger partial charge in [-0.25, -0.2) is 4.98 Å². The third-order valence-corrected chi connectivity index (χ3v) is 5.31. The fourth-order valence-electron chi connectivity index (χ4n) is 2.77. The number of primary amides is 1. The van der Waals surface area contributed by atoms with Gasteiger partial charge in [-0.3, -0.25) is 14.2 Å². The molecule has 0 saturated heterocycles. The van der Waals surface area contributed by atoms with Crippen molar-refractivity contribution in [2.75, 3.05) is 0 Å². The number of carbonyl (C=O) groups excluding carboxylic acids is 1. The molecule has 2 aromatic heterocycles. The maximum Gasteiger partial charge on any atom is 0.271 e. The number of hydrogen-bond donors (Lipinski definition) is 1. The molecule has 0 fully saturated rings. The first kappa shape index (κ1) is 16.2. The number of nitrogens with zero attached hydrogens (tertiary/aromatic N) is 2. The molecule has 5 nitrogen and oxygen atoms in total. The number of aromatic nitrogens is 2. The van der Waals surface area contributed by atoms with E-state index in [2.05, 4.69) is 4.98 Å². The lowest BCUT2D eigenvalue weighted by Crippen LogP contribution is -2.20. The molecule has 0 atom stereocenters. The molecule has 0 aliphatic carbocycles. The number of benzene rings is 2. The van der Waals surface area contributed by atoms with E-state index in [1.54, 1.807) is 35.2 Å². The van der Waals surface area contributed by atoms with E-state index in [-0.39, 0.29) is 5.56 Å². The Morgan fingerprint density at radius 3 is 2.50 bits per heavy atom. The highest BCUT2D eigenvalue weighted by atomic mass is 32.1. The van der Waals surface area contributed by atoms with Gasteiger partial charge in [-0.15, -0.1) is 11.3 Å². The number of thiophene rings is 1. The van der Waals surface area contributed by atoms with E-state index in [9.17, 15) is 9.59 Å². The minimum Gasteiger partial charge on any atom is -0.366 e. The maximum absolute atomic E-state index is 12.8. The van der Waals surface area contributed by atoms with Gasteiger partial charge >= 0.3 is 0 Å².